The third-order valence-corrected chi connectivity index (χ3v) is 7.05. The Bertz CT molecular complexity index is 1110. The van der Waals surface area contributed by atoms with E-state index in [0.29, 0.717) is 16.3 Å². The molecular formula is C14H13N3O5S3. The molecule has 3 rings (SSSR count). The van der Waals surface area contributed by atoms with Gasteiger partial charge >= 0.3 is 0 Å². The van der Waals surface area contributed by atoms with Crippen LogP contribution in [0.3, 0.4) is 0 Å². The maximum absolute atomic E-state index is 12.4. The molecule has 132 valence electrons. The van der Waals surface area contributed by atoms with Crippen molar-refractivity contribution in [3.05, 3.63) is 48.2 Å². The number of benzene rings is 1. The number of thiophene rings is 1. The van der Waals surface area contributed by atoms with Gasteiger partial charge in [0, 0.05) is 11.8 Å². The zero-order valence-electron chi connectivity index (χ0n) is 12.8. The maximum atomic E-state index is 12.4. The first-order chi connectivity index (χ1) is 11.6. The molecule has 3 N–H and O–H groups in total. The Balaban J connectivity index is 1.84. The number of aryl methyl sites for hydroxylation is 1. The Hall–Kier alpha value is -2.21. The van der Waals surface area contributed by atoms with Gasteiger partial charge in [0.25, 0.3) is 10.0 Å². The minimum absolute atomic E-state index is 0.0899. The Morgan fingerprint density at radius 2 is 1.76 bits per heavy atom. The fourth-order valence-corrected chi connectivity index (χ4v) is 4.82. The molecule has 0 fully saturated rings. The predicted octanol–water partition coefficient (Wildman–Crippen LogP) is 2.16. The SMILES string of the molecule is Cc1cc(-c2ccc(S(=O)(=O)Nc3ccc(S(N)(=O)=O)cc3)s2)on1. The Labute approximate surface area is 148 Å². The normalized spacial score (nSPS) is 12.2. The van der Waals surface area contributed by atoms with Crippen LogP contribution in [-0.4, -0.2) is 22.0 Å². The number of aromatic nitrogens is 1. The first-order valence-electron chi connectivity index (χ1n) is 6.84. The molecule has 0 bridgehead atoms. The number of rotatable bonds is 5. The molecule has 8 nitrogen and oxygen atoms in total. The lowest BCUT2D eigenvalue weighted by atomic mass is 10.3. The molecule has 0 atom stereocenters. The lowest BCUT2D eigenvalue weighted by Crippen LogP contribution is -2.13. The molecule has 11 heteroatoms. The fraction of sp³-hybridized carbons (Fsp3) is 0.0714. The number of primary sulfonamides is 1. The third kappa shape index (κ3) is 3.90. The van der Waals surface area contributed by atoms with Gasteiger partial charge in [0.2, 0.25) is 10.0 Å². The number of hydrogen-bond acceptors (Lipinski definition) is 7. The summed E-state index contributed by atoms with van der Waals surface area (Å²) in [7, 11) is -7.65. The van der Waals surface area contributed by atoms with Crippen molar-refractivity contribution in [3.8, 4) is 10.6 Å². The van der Waals surface area contributed by atoms with Crippen molar-refractivity contribution < 1.29 is 21.4 Å². The quantitative estimate of drug-likeness (QED) is 0.675. The molecule has 0 aliphatic rings. The minimum atomic E-state index is -3.83. The Morgan fingerprint density at radius 1 is 1.08 bits per heavy atom. The van der Waals surface area contributed by atoms with Crippen LogP contribution in [0.2, 0.25) is 0 Å². The average Bonchev–Trinajstić information content (AvgIpc) is 3.15. The molecule has 0 spiro atoms. The topological polar surface area (TPSA) is 132 Å². The highest BCUT2D eigenvalue weighted by atomic mass is 32.2. The van der Waals surface area contributed by atoms with Gasteiger partial charge in [-0.05, 0) is 43.3 Å². The van der Waals surface area contributed by atoms with Crippen LogP contribution in [0.4, 0.5) is 5.69 Å². The number of nitrogens with two attached hydrogens (primary N) is 1. The Kier molecular flexibility index (Phi) is 4.41. The second-order valence-electron chi connectivity index (χ2n) is 5.13. The summed E-state index contributed by atoms with van der Waals surface area (Å²) in [5, 5.41) is 8.77. The van der Waals surface area contributed by atoms with Gasteiger partial charge in [-0.2, -0.15) is 0 Å². The summed E-state index contributed by atoms with van der Waals surface area (Å²) < 4.78 is 54.9. The third-order valence-electron chi connectivity index (χ3n) is 3.15. The van der Waals surface area contributed by atoms with Crippen molar-refractivity contribution in [2.75, 3.05) is 4.72 Å². The molecule has 0 saturated heterocycles. The number of nitrogens with one attached hydrogen (secondary N) is 1. The van der Waals surface area contributed by atoms with E-state index >= 15 is 0 Å². The largest absolute Gasteiger partial charge is 0.355 e. The minimum Gasteiger partial charge on any atom is -0.355 e. The maximum Gasteiger partial charge on any atom is 0.271 e. The molecular weight excluding hydrogens is 386 g/mol. The number of anilines is 1. The molecule has 0 aliphatic heterocycles. The molecule has 0 unspecified atom stereocenters. The monoisotopic (exact) mass is 399 g/mol. The predicted molar refractivity (Wildman–Crippen MR) is 93.2 cm³/mol. The molecule has 0 radical (unpaired) electrons. The smallest absolute Gasteiger partial charge is 0.271 e. The van der Waals surface area contributed by atoms with Crippen molar-refractivity contribution in [2.24, 2.45) is 5.14 Å². The summed E-state index contributed by atoms with van der Waals surface area (Å²) in [5.74, 6) is 0.487. The van der Waals surface area contributed by atoms with E-state index < -0.39 is 20.0 Å². The summed E-state index contributed by atoms with van der Waals surface area (Å²) in [4.78, 5) is 0.528. The van der Waals surface area contributed by atoms with Gasteiger partial charge in [-0.1, -0.05) is 5.16 Å². The van der Waals surface area contributed by atoms with Gasteiger partial charge < -0.3 is 4.52 Å². The first kappa shape index (κ1) is 17.6. The van der Waals surface area contributed by atoms with Crippen LogP contribution in [0.15, 0.2) is 56.1 Å². The van der Waals surface area contributed by atoms with Gasteiger partial charge in [0.15, 0.2) is 5.76 Å². The molecule has 2 heterocycles. The van der Waals surface area contributed by atoms with Gasteiger partial charge in [0.05, 0.1) is 15.5 Å². The van der Waals surface area contributed by atoms with E-state index in [1.165, 1.54) is 30.3 Å². The van der Waals surface area contributed by atoms with Crippen LogP contribution in [0.1, 0.15) is 5.69 Å². The second kappa shape index (κ2) is 6.26. The summed E-state index contributed by atoms with van der Waals surface area (Å²) in [5.41, 5.74) is 0.915. The first-order valence-corrected chi connectivity index (χ1v) is 10.7. The lowest BCUT2D eigenvalue weighted by Gasteiger charge is -2.06. The molecule has 3 aromatic rings. The van der Waals surface area contributed by atoms with Crippen molar-refractivity contribution in [2.45, 2.75) is 16.0 Å². The van der Waals surface area contributed by atoms with Crippen molar-refractivity contribution in [3.63, 3.8) is 0 Å². The van der Waals surface area contributed by atoms with E-state index in [4.69, 9.17) is 9.66 Å². The summed E-state index contributed by atoms with van der Waals surface area (Å²) >= 11 is 1.03. The fourth-order valence-electron chi connectivity index (χ4n) is 1.99. The van der Waals surface area contributed by atoms with Gasteiger partial charge in [0.1, 0.15) is 4.21 Å². The highest BCUT2D eigenvalue weighted by molar-refractivity contribution is 7.94. The highest BCUT2D eigenvalue weighted by Crippen LogP contribution is 2.32. The van der Waals surface area contributed by atoms with Crippen LogP contribution in [0, 0.1) is 6.92 Å². The van der Waals surface area contributed by atoms with Crippen LogP contribution in [0.25, 0.3) is 10.6 Å². The zero-order chi connectivity index (χ0) is 18.2. The van der Waals surface area contributed by atoms with E-state index in [0.717, 1.165) is 11.3 Å². The van der Waals surface area contributed by atoms with E-state index in [1.54, 1.807) is 19.1 Å². The number of nitrogens with zero attached hydrogens (tertiary/aromatic N) is 1. The molecule has 0 aliphatic carbocycles. The van der Waals surface area contributed by atoms with E-state index in [9.17, 15) is 16.8 Å². The van der Waals surface area contributed by atoms with Gasteiger partial charge in [-0.3, -0.25) is 4.72 Å². The van der Waals surface area contributed by atoms with Gasteiger partial charge in [-0.15, -0.1) is 11.3 Å². The van der Waals surface area contributed by atoms with Crippen molar-refractivity contribution in [1.82, 2.24) is 5.16 Å². The molecule has 1 aromatic carbocycles. The van der Waals surface area contributed by atoms with Gasteiger partial charge in [-0.25, -0.2) is 22.0 Å². The highest BCUT2D eigenvalue weighted by Gasteiger charge is 2.19. The van der Waals surface area contributed by atoms with Crippen LogP contribution >= 0.6 is 11.3 Å². The summed E-state index contributed by atoms with van der Waals surface area (Å²) in [6.45, 7) is 1.77. The molecule has 2 aromatic heterocycles. The molecule has 0 saturated carbocycles. The molecule has 25 heavy (non-hydrogen) atoms. The van der Waals surface area contributed by atoms with Crippen molar-refractivity contribution in [1.29, 1.82) is 0 Å². The summed E-state index contributed by atoms with van der Waals surface area (Å²) in [6, 6.07) is 9.90. The summed E-state index contributed by atoms with van der Waals surface area (Å²) in [6.07, 6.45) is 0. The number of sulfonamides is 2. The number of hydrogen-bond donors (Lipinski definition) is 2. The van der Waals surface area contributed by atoms with Crippen molar-refractivity contribution >= 4 is 37.1 Å². The zero-order valence-corrected chi connectivity index (χ0v) is 15.3. The van der Waals surface area contributed by atoms with E-state index in [-0.39, 0.29) is 14.8 Å². The van der Waals surface area contributed by atoms with E-state index in [1.807, 2.05) is 0 Å². The van der Waals surface area contributed by atoms with E-state index in [2.05, 4.69) is 9.88 Å². The lowest BCUT2D eigenvalue weighted by molar-refractivity contribution is 0.428. The van der Waals surface area contributed by atoms with Crippen LogP contribution < -0.4 is 9.86 Å². The standard InChI is InChI=1S/C14H13N3O5S3/c1-9-8-12(22-16-9)13-6-7-14(23-13)25(20,21)17-10-2-4-11(5-3-10)24(15,18)19/h2-8,17H,1H3,(H2,15,18,19). The van der Waals surface area contributed by atoms with Crippen LogP contribution in [0.5, 0.6) is 0 Å². The van der Waals surface area contributed by atoms with Crippen LogP contribution in [-0.2, 0) is 20.0 Å². The average molecular weight is 399 g/mol. The molecule has 0 amide bonds. The Morgan fingerprint density at radius 3 is 2.32 bits per heavy atom. The second-order valence-corrected chi connectivity index (χ2v) is 9.68.